The lowest BCUT2D eigenvalue weighted by Crippen LogP contribution is -2.38. The van der Waals surface area contributed by atoms with Crippen LogP contribution in [-0.4, -0.2) is 12.6 Å². The van der Waals surface area contributed by atoms with Crippen LogP contribution in [0.4, 0.5) is 4.39 Å². The number of ether oxygens (including phenoxy) is 1. The zero-order chi connectivity index (χ0) is 14.2. The standard InChI is InChI=1S/C16H19FN2O/c17-16-9-5-4-6-13(16)12-14(19-18)10-11-20-15-7-2-1-3-8-15/h1-9,14,19H,10-12,18H2. The van der Waals surface area contributed by atoms with Gasteiger partial charge in [0, 0.05) is 6.04 Å². The molecule has 0 aliphatic heterocycles. The van der Waals surface area contributed by atoms with Gasteiger partial charge in [0.2, 0.25) is 0 Å². The van der Waals surface area contributed by atoms with Gasteiger partial charge in [-0.3, -0.25) is 11.3 Å². The van der Waals surface area contributed by atoms with Crippen molar-refractivity contribution < 1.29 is 9.13 Å². The molecule has 0 saturated carbocycles. The molecule has 0 saturated heterocycles. The molecule has 3 N–H and O–H groups in total. The first kappa shape index (κ1) is 14.5. The second-order valence-electron chi connectivity index (χ2n) is 4.61. The number of rotatable bonds is 7. The lowest BCUT2D eigenvalue weighted by atomic mass is 10.0. The van der Waals surface area contributed by atoms with E-state index in [4.69, 9.17) is 10.6 Å². The van der Waals surface area contributed by atoms with Crippen LogP contribution < -0.4 is 16.0 Å². The molecule has 0 fully saturated rings. The molecule has 20 heavy (non-hydrogen) atoms. The lowest BCUT2D eigenvalue weighted by Gasteiger charge is -2.16. The fourth-order valence-electron chi connectivity index (χ4n) is 2.01. The first-order valence-electron chi connectivity index (χ1n) is 6.67. The number of hydrogen-bond acceptors (Lipinski definition) is 3. The van der Waals surface area contributed by atoms with Crippen LogP contribution >= 0.6 is 0 Å². The number of hydrazine groups is 1. The van der Waals surface area contributed by atoms with Gasteiger partial charge in [-0.05, 0) is 36.6 Å². The quantitative estimate of drug-likeness (QED) is 0.603. The van der Waals surface area contributed by atoms with Gasteiger partial charge >= 0.3 is 0 Å². The topological polar surface area (TPSA) is 47.3 Å². The lowest BCUT2D eigenvalue weighted by molar-refractivity contribution is 0.284. The zero-order valence-electron chi connectivity index (χ0n) is 11.3. The van der Waals surface area contributed by atoms with Crippen molar-refractivity contribution >= 4 is 0 Å². The molecule has 0 heterocycles. The maximum Gasteiger partial charge on any atom is 0.126 e. The van der Waals surface area contributed by atoms with Gasteiger partial charge in [0.05, 0.1) is 6.61 Å². The average molecular weight is 274 g/mol. The average Bonchev–Trinajstić information content (AvgIpc) is 2.49. The van der Waals surface area contributed by atoms with Crippen LogP contribution in [-0.2, 0) is 6.42 Å². The van der Waals surface area contributed by atoms with E-state index in [0.29, 0.717) is 25.0 Å². The number of nitrogens with two attached hydrogens (primary N) is 1. The molecule has 106 valence electrons. The van der Waals surface area contributed by atoms with Crippen molar-refractivity contribution in [1.82, 2.24) is 5.43 Å². The molecular formula is C16H19FN2O. The number of para-hydroxylation sites is 1. The molecule has 1 atom stereocenters. The highest BCUT2D eigenvalue weighted by atomic mass is 19.1. The van der Waals surface area contributed by atoms with Crippen LogP contribution in [0.1, 0.15) is 12.0 Å². The van der Waals surface area contributed by atoms with Gasteiger partial charge < -0.3 is 4.74 Å². The molecule has 4 heteroatoms. The van der Waals surface area contributed by atoms with Gasteiger partial charge in [-0.2, -0.15) is 0 Å². The summed E-state index contributed by atoms with van der Waals surface area (Å²) in [6.45, 7) is 0.535. The predicted molar refractivity (Wildman–Crippen MR) is 77.8 cm³/mol. The van der Waals surface area contributed by atoms with Crippen molar-refractivity contribution in [3.05, 3.63) is 66.0 Å². The molecular weight excluding hydrogens is 255 g/mol. The summed E-state index contributed by atoms with van der Waals surface area (Å²) in [7, 11) is 0. The molecule has 0 aliphatic rings. The fourth-order valence-corrected chi connectivity index (χ4v) is 2.01. The van der Waals surface area contributed by atoms with Crippen molar-refractivity contribution in [2.24, 2.45) is 5.84 Å². The molecule has 0 amide bonds. The van der Waals surface area contributed by atoms with Crippen molar-refractivity contribution in [1.29, 1.82) is 0 Å². The van der Waals surface area contributed by atoms with E-state index in [1.807, 2.05) is 36.4 Å². The molecule has 2 aromatic rings. The normalized spacial score (nSPS) is 12.1. The number of hydrogen-bond donors (Lipinski definition) is 2. The molecule has 0 spiro atoms. The van der Waals surface area contributed by atoms with Gasteiger partial charge in [0.15, 0.2) is 0 Å². The van der Waals surface area contributed by atoms with Crippen molar-refractivity contribution in [2.45, 2.75) is 18.9 Å². The van der Waals surface area contributed by atoms with Crippen LogP contribution in [0.15, 0.2) is 54.6 Å². The monoisotopic (exact) mass is 274 g/mol. The third-order valence-corrected chi connectivity index (χ3v) is 3.14. The number of halogens is 1. The molecule has 2 rings (SSSR count). The minimum atomic E-state index is -0.197. The highest BCUT2D eigenvalue weighted by Gasteiger charge is 2.10. The molecule has 0 bridgehead atoms. The maximum atomic E-state index is 13.6. The fraction of sp³-hybridized carbons (Fsp3) is 0.250. The molecule has 2 aromatic carbocycles. The second-order valence-corrected chi connectivity index (χ2v) is 4.61. The summed E-state index contributed by atoms with van der Waals surface area (Å²) in [5.74, 6) is 6.15. The minimum Gasteiger partial charge on any atom is -0.494 e. The van der Waals surface area contributed by atoms with E-state index >= 15 is 0 Å². The first-order valence-corrected chi connectivity index (χ1v) is 6.67. The highest BCUT2D eigenvalue weighted by Crippen LogP contribution is 2.12. The Labute approximate surface area is 118 Å². The molecule has 3 nitrogen and oxygen atoms in total. The van der Waals surface area contributed by atoms with Crippen molar-refractivity contribution in [3.8, 4) is 5.75 Å². The van der Waals surface area contributed by atoms with E-state index in [9.17, 15) is 4.39 Å². The zero-order valence-corrected chi connectivity index (χ0v) is 11.3. The van der Waals surface area contributed by atoms with Crippen molar-refractivity contribution in [3.63, 3.8) is 0 Å². The Morgan fingerprint density at radius 2 is 1.75 bits per heavy atom. The van der Waals surface area contributed by atoms with E-state index in [0.717, 1.165) is 5.75 Å². The van der Waals surface area contributed by atoms with Gasteiger partial charge in [-0.1, -0.05) is 36.4 Å². The molecule has 0 radical (unpaired) electrons. The van der Waals surface area contributed by atoms with Crippen LogP contribution in [0, 0.1) is 5.82 Å². The van der Waals surface area contributed by atoms with Gasteiger partial charge in [-0.25, -0.2) is 4.39 Å². The second kappa shape index (κ2) is 7.62. The van der Waals surface area contributed by atoms with E-state index in [2.05, 4.69) is 5.43 Å². The smallest absolute Gasteiger partial charge is 0.126 e. The van der Waals surface area contributed by atoms with Gasteiger partial charge in [0.25, 0.3) is 0 Å². The molecule has 1 unspecified atom stereocenters. The number of nitrogens with one attached hydrogen (secondary N) is 1. The summed E-state index contributed by atoms with van der Waals surface area (Å²) in [6, 6.07) is 16.3. The van der Waals surface area contributed by atoms with Crippen LogP contribution in [0.5, 0.6) is 5.75 Å². The summed E-state index contributed by atoms with van der Waals surface area (Å²) in [5.41, 5.74) is 3.38. The van der Waals surface area contributed by atoms with Crippen molar-refractivity contribution in [2.75, 3.05) is 6.61 Å². The SMILES string of the molecule is NNC(CCOc1ccccc1)Cc1ccccc1F. The molecule has 0 aliphatic carbocycles. The highest BCUT2D eigenvalue weighted by molar-refractivity contribution is 5.21. The van der Waals surface area contributed by atoms with E-state index in [1.165, 1.54) is 6.07 Å². The Hall–Kier alpha value is -1.91. The van der Waals surface area contributed by atoms with Crippen LogP contribution in [0.25, 0.3) is 0 Å². The third kappa shape index (κ3) is 4.33. The Kier molecular flexibility index (Phi) is 5.53. The maximum absolute atomic E-state index is 13.6. The summed E-state index contributed by atoms with van der Waals surface area (Å²) in [5, 5.41) is 0. The third-order valence-electron chi connectivity index (χ3n) is 3.14. The van der Waals surface area contributed by atoms with E-state index < -0.39 is 0 Å². The van der Waals surface area contributed by atoms with Crippen LogP contribution in [0.2, 0.25) is 0 Å². The first-order chi connectivity index (χ1) is 9.79. The predicted octanol–water partition coefficient (Wildman–Crippen LogP) is 2.67. The minimum absolute atomic E-state index is 0.0180. The Balaban J connectivity index is 1.82. The summed E-state index contributed by atoms with van der Waals surface area (Å²) < 4.78 is 19.2. The van der Waals surface area contributed by atoms with E-state index in [-0.39, 0.29) is 11.9 Å². The number of benzene rings is 2. The summed E-state index contributed by atoms with van der Waals surface area (Å²) in [4.78, 5) is 0. The Bertz CT molecular complexity index is 519. The van der Waals surface area contributed by atoms with Crippen LogP contribution in [0.3, 0.4) is 0 Å². The molecule has 0 aromatic heterocycles. The van der Waals surface area contributed by atoms with Gasteiger partial charge in [-0.15, -0.1) is 0 Å². The summed E-state index contributed by atoms with van der Waals surface area (Å²) in [6.07, 6.45) is 1.25. The van der Waals surface area contributed by atoms with E-state index in [1.54, 1.807) is 12.1 Å². The largest absolute Gasteiger partial charge is 0.494 e. The van der Waals surface area contributed by atoms with Gasteiger partial charge in [0.1, 0.15) is 11.6 Å². The Morgan fingerprint density at radius 3 is 2.45 bits per heavy atom. The summed E-state index contributed by atoms with van der Waals surface area (Å²) >= 11 is 0. The Morgan fingerprint density at radius 1 is 1.05 bits per heavy atom.